The average Bonchev–Trinajstić information content (AvgIpc) is 3.22. The number of aromatic nitrogens is 2. The summed E-state index contributed by atoms with van der Waals surface area (Å²) in [7, 11) is 2.56. The number of hydrogen-bond acceptors (Lipinski definition) is 7. The molecule has 2 aromatic heterocycles. The number of ketones is 1. The molecule has 0 spiro atoms. The van der Waals surface area contributed by atoms with Crippen molar-refractivity contribution in [3.8, 4) is 11.3 Å². The number of nitrogens with two attached hydrogens (primary N) is 1. The molecule has 0 unspecified atom stereocenters. The highest BCUT2D eigenvalue weighted by Crippen LogP contribution is 2.27. The molecule has 0 aliphatic carbocycles. The van der Waals surface area contributed by atoms with Crippen LogP contribution in [0.15, 0.2) is 66.9 Å². The molecule has 32 heavy (non-hydrogen) atoms. The summed E-state index contributed by atoms with van der Waals surface area (Å²) in [5.74, 6) is -1.35. The van der Waals surface area contributed by atoms with Crippen LogP contribution in [0.25, 0.3) is 16.8 Å². The van der Waals surface area contributed by atoms with Crippen LogP contribution in [-0.4, -0.2) is 41.3 Å². The first-order valence-corrected chi connectivity index (χ1v) is 9.63. The second kappa shape index (κ2) is 8.35. The summed E-state index contributed by atoms with van der Waals surface area (Å²) in [6, 6.07) is 16.7. The predicted octanol–water partition coefficient (Wildman–Crippen LogP) is 3.39. The number of imidazole rings is 1. The van der Waals surface area contributed by atoms with Crippen LogP contribution in [0, 0.1) is 0 Å². The SMILES string of the molecule is COC(=O)c1cccc(-c2nc(C(=O)c3ccc(N)c(C(=O)OC)c3)n3ccccc23)c1. The number of methoxy groups -OCH3 is 2. The average molecular weight is 429 g/mol. The van der Waals surface area contributed by atoms with Gasteiger partial charge in [0, 0.05) is 23.0 Å². The fourth-order valence-electron chi connectivity index (χ4n) is 3.44. The Morgan fingerprint density at radius 3 is 2.41 bits per heavy atom. The van der Waals surface area contributed by atoms with E-state index in [0.29, 0.717) is 22.3 Å². The van der Waals surface area contributed by atoms with Crippen molar-refractivity contribution in [1.29, 1.82) is 0 Å². The van der Waals surface area contributed by atoms with Gasteiger partial charge in [-0.05, 0) is 42.5 Å². The van der Waals surface area contributed by atoms with Crippen molar-refractivity contribution >= 4 is 28.9 Å². The summed E-state index contributed by atoms with van der Waals surface area (Å²) < 4.78 is 11.2. The molecule has 0 saturated heterocycles. The lowest BCUT2D eigenvalue weighted by molar-refractivity contribution is 0.0592. The van der Waals surface area contributed by atoms with E-state index in [1.54, 1.807) is 40.9 Å². The van der Waals surface area contributed by atoms with Gasteiger partial charge in [-0.25, -0.2) is 14.6 Å². The minimum Gasteiger partial charge on any atom is -0.465 e. The largest absolute Gasteiger partial charge is 0.465 e. The van der Waals surface area contributed by atoms with Gasteiger partial charge in [0.25, 0.3) is 0 Å². The van der Waals surface area contributed by atoms with Crippen LogP contribution in [0.5, 0.6) is 0 Å². The molecule has 8 nitrogen and oxygen atoms in total. The van der Waals surface area contributed by atoms with E-state index in [9.17, 15) is 14.4 Å². The number of esters is 2. The summed E-state index contributed by atoms with van der Waals surface area (Å²) in [6.45, 7) is 0. The molecule has 160 valence electrons. The summed E-state index contributed by atoms with van der Waals surface area (Å²) in [5, 5.41) is 0. The van der Waals surface area contributed by atoms with Crippen molar-refractivity contribution in [3.63, 3.8) is 0 Å². The number of fused-ring (bicyclic) bond motifs is 1. The molecule has 4 aromatic rings. The van der Waals surface area contributed by atoms with Crippen molar-refractivity contribution in [1.82, 2.24) is 9.38 Å². The third-order valence-electron chi connectivity index (χ3n) is 5.03. The lowest BCUT2D eigenvalue weighted by Gasteiger charge is -2.06. The van der Waals surface area contributed by atoms with Crippen LogP contribution in [0.3, 0.4) is 0 Å². The maximum Gasteiger partial charge on any atom is 0.339 e. The molecule has 8 heteroatoms. The van der Waals surface area contributed by atoms with E-state index in [0.717, 1.165) is 0 Å². The summed E-state index contributed by atoms with van der Waals surface area (Å²) in [4.78, 5) is 41.9. The Morgan fingerprint density at radius 2 is 1.66 bits per heavy atom. The van der Waals surface area contributed by atoms with Crippen LogP contribution < -0.4 is 5.73 Å². The summed E-state index contributed by atoms with van der Waals surface area (Å²) in [6.07, 6.45) is 1.72. The number of pyridine rings is 1. The van der Waals surface area contributed by atoms with Crippen LogP contribution >= 0.6 is 0 Å². The Kier molecular flexibility index (Phi) is 5.43. The highest BCUT2D eigenvalue weighted by atomic mass is 16.5. The normalized spacial score (nSPS) is 10.7. The standard InChI is InChI=1S/C24H19N3O5/c1-31-23(29)16-7-5-6-14(12-16)20-19-8-3-4-11-27(19)22(26-20)21(28)15-9-10-18(25)17(13-15)24(30)32-2/h3-13H,25H2,1-2H3. The fraction of sp³-hybridized carbons (Fsp3) is 0.0833. The predicted molar refractivity (Wildman–Crippen MR) is 118 cm³/mol. The highest BCUT2D eigenvalue weighted by Gasteiger charge is 2.22. The van der Waals surface area contributed by atoms with Crippen molar-refractivity contribution in [3.05, 3.63) is 89.4 Å². The lowest BCUT2D eigenvalue weighted by Crippen LogP contribution is -2.11. The van der Waals surface area contributed by atoms with Gasteiger partial charge in [-0.3, -0.25) is 9.20 Å². The van der Waals surface area contributed by atoms with Gasteiger partial charge >= 0.3 is 11.9 Å². The van der Waals surface area contributed by atoms with Gasteiger partial charge in [-0.1, -0.05) is 18.2 Å². The van der Waals surface area contributed by atoms with Gasteiger partial charge < -0.3 is 15.2 Å². The quantitative estimate of drug-likeness (QED) is 0.294. The van der Waals surface area contributed by atoms with E-state index in [1.807, 2.05) is 12.1 Å². The highest BCUT2D eigenvalue weighted by molar-refractivity contribution is 6.10. The van der Waals surface area contributed by atoms with E-state index in [-0.39, 0.29) is 22.6 Å². The monoisotopic (exact) mass is 429 g/mol. The molecular weight excluding hydrogens is 410 g/mol. The number of hydrogen-bond donors (Lipinski definition) is 1. The number of nitrogen functional groups attached to an aromatic ring is 1. The Bertz CT molecular complexity index is 1370. The van der Waals surface area contributed by atoms with Gasteiger partial charge in [-0.2, -0.15) is 0 Å². The van der Waals surface area contributed by atoms with Gasteiger partial charge in [0.15, 0.2) is 5.82 Å². The second-order valence-corrected chi connectivity index (χ2v) is 6.94. The molecule has 4 rings (SSSR count). The number of rotatable bonds is 5. The lowest BCUT2D eigenvalue weighted by atomic mass is 10.0. The van der Waals surface area contributed by atoms with Crippen molar-refractivity contribution in [2.24, 2.45) is 0 Å². The number of anilines is 1. The first-order chi connectivity index (χ1) is 15.4. The van der Waals surface area contributed by atoms with E-state index in [2.05, 4.69) is 4.98 Å². The van der Waals surface area contributed by atoms with Gasteiger partial charge in [0.1, 0.15) is 0 Å². The summed E-state index contributed by atoms with van der Waals surface area (Å²) in [5.41, 5.74) is 8.65. The molecule has 0 atom stereocenters. The molecule has 0 amide bonds. The maximum absolute atomic E-state index is 13.4. The molecule has 0 radical (unpaired) electrons. The zero-order valence-corrected chi connectivity index (χ0v) is 17.4. The third-order valence-corrected chi connectivity index (χ3v) is 5.03. The van der Waals surface area contributed by atoms with E-state index in [4.69, 9.17) is 15.2 Å². The molecular formula is C24H19N3O5. The van der Waals surface area contributed by atoms with E-state index >= 15 is 0 Å². The van der Waals surface area contributed by atoms with Gasteiger partial charge in [0.2, 0.25) is 5.78 Å². The first kappa shape index (κ1) is 20.8. The van der Waals surface area contributed by atoms with Crippen LogP contribution in [-0.2, 0) is 9.47 Å². The third kappa shape index (κ3) is 3.58. The Hall–Kier alpha value is -4.46. The number of carbonyl (C=O) groups excluding carboxylic acids is 3. The number of benzene rings is 2. The molecule has 0 aliphatic rings. The molecule has 2 heterocycles. The first-order valence-electron chi connectivity index (χ1n) is 9.63. The zero-order chi connectivity index (χ0) is 22.8. The summed E-state index contributed by atoms with van der Waals surface area (Å²) >= 11 is 0. The van der Waals surface area contributed by atoms with E-state index in [1.165, 1.54) is 32.4 Å². The zero-order valence-electron chi connectivity index (χ0n) is 17.4. The molecule has 0 bridgehead atoms. The Labute approximate surface area is 183 Å². The van der Waals surface area contributed by atoms with Crippen molar-refractivity contribution in [2.75, 3.05) is 20.0 Å². The smallest absolute Gasteiger partial charge is 0.339 e. The number of ether oxygens (including phenoxy) is 2. The molecule has 0 fully saturated rings. The van der Waals surface area contributed by atoms with Crippen molar-refractivity contribution in [2.45, 2.75) is 0 Å². The van der Waals surface area contributed by atoms with Crippen LogP contribution in [0.4, 0.5) is 5.69 Å². The minimum absolute atomic E-state index is 0.102. The fourth-order valence-corrected chi connectivity index (χ4v) is 3.44. The van der Waals surface area contributed by atoms with Crippen LogP contribution in [0.2, 0.25) is 0 Å². The topological polar surface area (TPSA) is 113 Å². The van der Waals surface area contributed by atoms with Crippen molar-refractivity contribution < 1.29 is 23.9 Å². The molecule has 2 N–H and O–H groups in total. The Morgan fingerprint density at radius 1 is 0.875 bits per heavy atom. The molecule has 2 aromatic carbocycles. The van der Waals surface area contributed by atoms with E-state index < -0.39 is 17.7 Å². The number of carbonyl (C=O) groups is 3. The molecule has 0 aliphatic heterocycles. The van der Waals surface area contributed by atoms with Gasteiger partial charge in [-0.15, -0.1) is 0 Å². The molecule has 0 saturated carbocycles. The number of nitrogens with zero attached hydrogens (tertiary/aromatic N) is 2. The second-order valence-electron chi connectivity index (χ2n) is 6.94. The minimum atomic E-state index is -0.634. The van der Waals surface area contributed by atoms with Crippen LogP contribution in [0.1, 0.15) is 36.9 Å². The van der Waals surface area contributed by atoms with Gasteiger partial charge in [0.05, 0.1) is 36.6 Å². The Balaban J connectivity index is 1.85. The maximum atomic E-state index is 13.4.